The predicted molar refractivity (Wildman–Crippen MR) is 70.7 cm³/mol. The third-order valence-electron chi connectivity index (χ3n) is 2.58. The fourth-order valence-electron chi connectivity index (χ4n) is 1.27. The number of benzene rings is 1. The van der Waals surface area contributed by atoms with Crippen LogP contribution in [-0.4, -0.2) is 35.7 Å². The highest BCUT2D eigenvalue weighted by Crippen LogP contribution is 2.11. The second-order valence-electron chi connectivity index (χ2n) is 3.93. The van der Waals surface area contributed by atoms with E-state index in [1.54, 1.807) is 14.0 Å². The fourth-order valence-corrected chi connectivity index (χ4v) is 1.72. The molecule has 0 heterocycles. The van der Waals surface area contributed by atoms with Gasteiger partial charge < -0.3 is 15.3 Å². The Labute approximate surface area is 110 Å². The number of carbonyl (C=O) groups is 1. The van der Waals surface area contributed by atoms with E-state index in [-0.39, 0.29) is 18.7 Å². The average molecular weight is 301 g/mol. The molecule has 5 heteroatoms. The highest BCUT2D eigenvalue weighted by Gasteiger charge is 2.13. The maximum absolute atomic E-state index is 11.7. The first-order chi connectivity index (χ1) is 8.04. The first-order valence-electron chi connectivity index (χ1n) is 5.40. The molecule has 0 aliphatic rings. The first-order valence-corrected chi connectivity index (χ1v) is 6.20. The van der Waals surface area contributed by atoms with Crippen molar-refractivity contribution < 1.29 is 9.90 Å². The Hall–Kier alpha value is -1.07. The minimum absolute atomic E-state index is 0.0409. The maximum atomic E-state index is 11.7. The summed E-state index contributed by atoms with van der Waals surface area (Å²) in [4.78, 5) is 13.2. The summed E-state index contributed by atoms with van der Waals surface area (Å²) >= 11 is 3.38. The molecule has 4 nitrogen and oxygen atoms in total. The summed E-state index contributed by atoms with van der Waals surface area (Å²) in [5.41, 5.74) is 1.03. The van der Waals surface area contributed by atoms with Crippen molar-refractivity contribution in [2.75, 3.05) is 13.7 Å². The van der Waals surface area contributed by atoms with E-state index in [4.69, 9.17) is 5.11 Å². The average Bonchev–Trinajstić information content (AvgIpc) is 2.34. The minimum Gasteiger partial charge on any atom is -0.394 e. The van der Waals surface area contributed by atoms with Gasteiger partial charge in [0.2, 0.25) is 0 Å². The highest BCUT2D eigenvalue weighted by molar-refractivity contribution is 9.10. The van der Waals surface area contributed by atoms with Crippen LogP contribution in [-0.2, 0) is 6.54 Å². The third-order valence-corrected chi connectivity index (χ3v) is 3.07. The topological polar surface area (TPSA) is 52.6 Å². The van der Waals surface area contributed by atoms with Gasteiger partial charge in [0.1, 0.15) is 0 Å². The molecule has 1 aromatic rings. The zero-order chi connectivity index (χ0) is 12.8. The Balaban J connectivity index is 2.48. The molecule has 0 radical (unpaired) electrons. The number of rotatable bonds is 4. The lowest BCUT2D eigenvalue weighted by molar-refractivity contribution is 0.157. The molecule has 17 heavy (non-hydrogen) atoms. The zero-order valence-corrected chi connectivity index (χ0v) is 11.6. The summed E-state index contributed by atoms with van der Waals surface area (Å²) < 4.78 is 0.987. The van der Waals surface area contributed by atoms with Gasteiger partial charge in [-0.05, 0) is 24.6 Å². The smallest absolute Gasteiger partial charge is 0.317 e. The predicted octanol–water partition coefficient (Wildman–Crippen LogP) is 1.97. The van der Waals surface area contributed by atoms with E-state index in [0.29, 0.717) is 6.54 Å². The molecule has 0 aromatic heterocycles. The number of halogens is 1. The van der Waals surface area contributed by atoms with E-state index in [1.165, 1.54) is 4.90 Å². The minimum atomic E-state index is -0.188. The Morgan fingerprint density at radius 1 is 1.59 bits per heavy atom. The van der Waals surface area contributed by atoms with E-state index in [2.05, 4.69) is 21.2 Å². The molecule has 0 spiro atoms. The van der Waals surface area contributed by atoms with Gasteiger partial charge in [-0.2, -0.15) is 0 Å². The molecule has 1 atom stereocenters. The Kier molecular flexibility index (Phi) is 5.44. The number of carbonyl (C=O) groups excluding carboxylic acids is 1. The Bertz CT molecular complexity index is 385. The molecule has 1 unspecified atom stereocenters. The molecule has 0 aliphatic heterocycles. The third kappa shape index (κ3) is 4.36. The zero-order valence-electron chi connectivity index (χ0n) is 9.98. The van der Waals surface area contributed by atoms with Crippen LogP contribution in [0.2, 0.25) is 0 Å². The van der Waals surface area contributed by atoms with Crippen LogP contribution in [0.15, 0.2) is 28.7 Å². The Morgan fingerprint density at radius 3 is 2.88 bits per heavy atom. The molecule has 1 aromatic carbocycles. The summed E-state index contributed by atoms with van der Waals surface area (Å²) in [7, 11) is 1.66. The van der Waals surface area contributed by atoms with Crippen LogP contribution in [0.5, 0.6) is 0 Å². The highest BCUT2D eigenvalue weighted by atomic mass is 79.9. The van der Waals surface area contributed by atoms with E-state index >= 15 is 0 Å². The van der Waals surface area contributed by atoms with Crippen LogP contribution in [0.25, 0.3) is 0 Å². The lowest BCUT2D eigenvalue weighted by atomic mass is 10.2. The summed E-state index contributed by atoms with van der Waals surface area (Å²) in [5.74, 6) is 0. The van der Waals surface area contributed by atoms with E-state index in [1.807, 2.05) is 24.3 Å². The quantitative estimate of drug-likeness (QED) is 0.893. The van der Waals surface area contributed by atoms with Gasteiger partial charge in [0.05, 0.1) is 12.6 Å². The van der Waals surface area contributed by atoms with Crippen molar-refractivity contribution in [2.45, 2.75) is 19.5 Å². The number of hydrogen-bond donors (Lipinski definition) is 2. The van der Waals surface area contributed by atoms with Crippen LogP contribution < -0.4 is 5.32 Å². The van der Waals surface area contributed by atoms with Gasteiger partial charge in [-0.15, -0.1) is 0 Å². The molecule has 1 rings (SSSR count). The maximum Gasteiger partial charge on any atom is 0.317 e. The van der Waals surface area contributed by atoms with Crippen LogP contribution in [0.4, 0.5) is 4.79 Å². The van der Waals surface area contributed by atoms with E-state index < -0.39 is 0 Å². The van der Waals surface area contributed by atoms with Gasteiger partial charge in [0.25, 0.3) is 0 Å². The van der Waals surface area contributed by atoms with Gasteiger partial charge in [-0.25, -0.2) is 4.79 Å². The number of likely N-dealkylation sites (N-methyl/N-ethyl adjacent to an activating group) is 1. The van der Waals surface area contributed by atoms with Gasteiger partial charge >= 0.3 is 6.03 Å². The number of nitrogens with zero attached hydrogens (tertiary/aromatic N) is 1. The lowest BCUT2D eigenvalue weighted by Crippen LogP contribution is -2.43. The molecule has 0 saturated carbocycles. The molecule has 0 aliphatic carbocycles. The standard InChI is InChI=1S/C12H17BrN2O2/c1-9(8-16)15(2)12(17)14-7-10-4-3-5-11(13)6-10/h3-6,9,16H,7-8H2,1-2H3,(H,14,17). The van der Waals surface area contributed by atoms with Gasteiger partial charge in [0.15, 0.2) is 0 Å². The number of hydrogen-bond acceptors (Lipinski definition) is 2. The number of aliphatic hydroxyl groups excluding tert-OH is 1. The monoisotopic (exact) mass is 300 g/mol. The SMILES string of the molecule is CC(CO)N(C)C(=O)NCc1cccc(Br)c1. The molecule has 94 valence electrons. The molecule has 2 N–H and O–H groups in total. The van der Waals surface area contributed by atoms with Crippen molar-refractivity contribution in [1.29, 1.82) is 0 Å². The van der Waals surface area contributed by atoms with Crippen molar-refractivity contribution in [3.63, 3.8) is 0 Å². The van der Waals surface area contributed by atoms with Crippen LogP contribution >= 0.6 is 15.9 Å². The second-order valence-corrected chi connectivity index (χ2v) is 4.85. The lowest BCUT2D eigenvalue weighted by Gasteiger charge is -2.23. The van der Waals surface area contributed by atoms with Gasteiger partial charge in [0, 0.05) is 18.1 Å². The number of nitrogens with one attached hydrogen (secondary N) is 1. The number of amides is 2. The largest absolute Gasteiger partial charge is 0.394 e. The van der Waals surface area contributed by atoms with E-state index in [9.17, 15) is 4.79 Å². The van der Waals surface area contributed by atoms with Crippen molar-refractivity contribution in [3.8, 4) is 0 Å². The number of urea groups is 1. The van der Waals surface area contributed by atoms with Crippen LogP contribution in [0, 0.1) is 0 Å². The fraction of sp³-hybridized carbons (Fsp3) is 0.417. The number of aliphatic hydroxyl groups is 1. The van der Waals surface area contributed by atoms with Gasteiger partial charge in [-0.3, -0.25) is 0 Å². The van der Waals surface area contributed by atoms with E-state index in [0.717, 1.165) is 10.0 Å². The van der Waals surface area contributed by atoms with Crippen molar-refractivity contribution in [3.05, 3.63) is 34.3 Å². The molecular weight excluding hydrogens is 284 g/mol. The first kappa shape index (κ1) is 14.0. The summed E-state index contributed by atoms with van der Waals surface area (Å²) in [5, 5.41) is 11.7. The molecule has 0 bridgehead atoms. The summed E-state index contributed by atoms with van der Waals surface area (Å²) in [6.07, 6.45) is 0. The molecule has 0 fully saturated rings. The van der Waals surface area contributed by atoms with Gasteiger partial charge in [-0.1, -0.05) is 28.1 Å². The van der Waals surface area contributed by atoms with Crippen molar-refractivity contribution >= 4 is 22.0 Å². The Morgan fingerprint density at radius 2 is 2.29 bits per heavy atom. The van der Waals surface area contributed by atoms with Crippen LogP contribution in [0.1, 0.15) is 12.5 Å². The molecule has 0 saturated heterocycles. The summed E-state index contributed by atoms with van der Waals surface area (Å²) in [6, 6.07) is 7.39. The van der Waals surface area contributed by atoms with Crippen molar-refractivity contribution in [2.24, 2.45) is 0 Å². The molecular formula is C12H17BrN2O2. The molecule has 2 amide bonds. The van der Waals surface area contributed by atoms with Crippen molar-refractivity contribution in [1.82, 2.24) is 10.2 Å². The normalized spacial score (nSPS) is 12.0. The second kappa shape index (κ2) is 6.61. The van der Waals surface area contributed by atoms with Crippen LogP contribution in [0.3, 0.4) is 0 Å². The summed E-state index contributed by atoms with van der Waals surface area (Å²) in [6.45, 7) is 2.22.